The normalized spacial score (nSPS) is 10.3. The number of alkyl halides is 2. The van der Waals surface area contributed by atoms with Gasteiger partial charge in [0.25, 0.3) is 12.3 Å². The number of halogens is 2. The van der Waals surface area contributed by atoms with Gasteiger partial charge in [0.2, 0.25) is 0 Å². The van der Waals surface area contributed by atoms with Crippen molar-refractivity contribution < 1.29 is 13.6 Å². The molecule has 0 saturated carbocycles. The monoisotopic (exact) mass is 220 g/mol. The van der Waals surface area contributed by atoms with Crippen LogP contribution in [0.1, 0.15) is 9.67 Å². The van der Waals surface area contributed by atoms with Crippen molar-refractivity contribution in [1.82, 2.24) is 5.32 Å². The molecule has 1 amide bonds. The Bertz CT molecular complexity index is 314. The number of hydrogen-bond acceptors (Lipinski definition) is 3. The molecule has 0 aliphatic carbocycles. The third kappa shape index (κ3) is 2.95. The number of hydrogen-bond donors (Lipinski definition) is 2. The first-order valence-corrected chi connectivity index (χ1v) is 4.79. The first kappa shape index (κ1) is 10.9. The Morgan fingerprint density at radius 3 is 2.79 bits per heavy atom. The van der Waals surface area contributed by atoms with E-state index in [1.165, 1.54) is 11.3 Å². The van der Waals surface area contributed by atoms with Gasteiger partial charge in [0, 0.05) is 7.05 Å². The maximum absolute atomic E-state index is 11.8. The maximum atomic E-state index is 11.8. The van der Waals surface area contributed by atoms with Crippen LogP contribution in [0.5, 0.6) is 0 Å². The van der Waals surface area contributed by atoms with Crippen molar-refractivity contribution in [3.63, 3.8) is 0 Å². The van der Waals surface area contributed by atoms with Crippen LogP contribution >= 0.6 is 11.3 Å². The molecule has 3 nitrogen and oxygen atoms in total. The maximum Gasteiger partial charge on any atom is 0.261 e. The number of carbonyl (C=O) groups excluding carboxylic acids is 1. The molecule has 1 heterocycles. The largest absolute Gasteiger partial charge is 0.380 e. The molecule has 78 valence electrons. The van der Waals surface area contributed by atoms with Crippen LogP contribution in [0.4, 0.5) is 13.8 Å². The lowest BCUT2D eigenvalue weighted by molar-refractivity contribution is 0.0895. The van der Waals surface area contributed by atoms with Crippen LogP contribution in [0.25, 0.3) is 0 Å². The van der Waals surface area contributed by atoms with Gasteiger partial charge < -0.3 is 10.6 Å². The minimum Gasteiger partial charge on any atom is -0.380 e. The molecule has 1 rings (SSSR count). The second-order valence-corrected chi connectivity index (χ2v) is 3.60. The Morgan fingerprint density at radius 2 is 2.29 bits per heavy atom. The quantitative estimate of drug-likeness (QED) is 0.812. The molecule has 0 atom stereocenters. The Balaban J connectivity index is 2.52. The average Bonchev–Trinajstić information content (AvgIpc) is 2.62. The summed E-state index contributed by atoms with van der Waals surface area (Å²) in [6, 6.07) is 3.32. The standard InChI is InChI=1S/C8H10F2N2OS/c1-11-7-3-2-5(14-7)8(13)12-4-6(9)10/h2-3,6,11H,4H2,1H3,(H,12,13). The molecule has 0 aromatic carbocycles. The Labute approximate surface area is 84.1 Å². The number of thiophene rings is 1. The molecule has 0 bridgehead atoms. The first-order valence-electron chi connectivity index (χ1n) is 3.97. The van der Waals surface area contributed by atoms with Gasteiger partial charge in [-0.25, -0.2) is 8.78 Å². The van der Waals surface area contributed by atoms with Gasteiger partial charge in [-0.05, 0) is 12.1 Å². The summed E-state index contributed by atoms with van der Waals surface area (Å²) < 4.78 is 23.5. The van der Waals surface area contributed by atoms with Gasteiger partial charge in [-0.2, -0.15) is 0 Å². The SMILES string of the molecule is CNc1ccc(C(=O)NCC(F)F)s1. The lowest BCUT2D eigenvalue weighted by Gasteiger charge is -2.01. The molecule has 6 heteroatoms. The van der Waals surface area contributed by atoms with Crippen molar-refractivity contribution in [3.8, 4) is 0 Å². The summed E-state index contributed by atoms with van der Waals surface area (Å²) in [7, 11) is 1.73. The van der Waals surface area contributed by atoms with Gasteiger partial charge >= 0.3 is 0 Å². The second-order valence-electron chi connectivity index (χ2n) is 2.52. The lowest BCUT2D eigenvalue weighted by atomic mass is 10.4. The molecule has 2 N–H and O–H groups in total. The van der Waals surface area contributed by atoms with E-state index in [4.69, 9.17) is 0 Å². The zero-order valence-electron chi connectivity index (χ0n) is 7.51. The van der Waals surface area contributed by atoms with Gasteiger partial charge in [-0.1, -0.05) is 0 Å². The van der Waals surface area contributed by atoms with E-state index in [9.17, 15) is 13.6 Å². The molecule has 0 unspecified atom stereocenters. The van der Waals surface area contributed by atoms with Crippen molar-refractivity contribution in [2.75, 3.05) is 18.9 Å². The van der Waals surface area contributed by atoms with E-state index < -0.39 is 18.9 Å². The molecule has 14 heavy (non-hydrogen) atoms. The number of amides is 1. The second kappa shape index (κ2) is 4.90. The van der Waals surface area contributed by atoms with E-state index in [2.05, 4.69) is 10.6 Å². The van der Waals surface area contributed by atoms with Crippen molar-refractivity contribution in [3.05, 3.63) is 17.0 Å². The molecular formula is C8H10F2N2OS. The molecule has 0 aliphatic heterocycles. The summed E-state index contributed by atoms with van der Waals surface area (Å²) in [6.45, 7) is -0.606. The number of carbonyl (C=O) groups is 1. The summed E-state index contributed by atoms with van der Waals surface area (Å²) in [6.07, 6.45) is -2.51. The summed E-state index contributed by atoms with van der Waals surface area (Å²) in [4.78, 5) is 11.6. The fourth-order valence-corrected chi connectivity index (χ4v) is 1.63. The van der Waals surface area contributed by atoms with Crippen LogP contribution < -0.4 is 10.6 Å². The lowest BCUT2D eigenvalue weighted by Crippen LogP contribution is -2.27. The molecule has 0 spiro atoms. The highest BCUT2D eigenvalue weighted by molar-refractivity contribution is 7.17. The summed E-state index contributed by atoms with van der Waals surface area (Å²) in [5, 5.41) is 5.81. The number of rotatable bonds is 4. The topological polar surface area (TPSA) is 41.1 Å². The fraction of sp³-hybridized carbons (Fsp3) is 0.375. The van der Waals surface area contributed by atoms with Crippen molar-refractivity contribution in [2.24, 2.45) is 0 Å². The fourth-order valence-electron chi connectivity index (χ4n) is 0.851. The molecule has 0 fully saturated rings. The molecular weight excluding hydrogens is 210 g/mol. The van der Waals surface area contributed by atoms with E-state index in [0.717, 1.165) is 5.00 Å². The van der Waals surface area contributed by atoms with Gasteiger partial charge in [0.05, 0.1) is 16.4 Å². The van der Waals surface area contributed by atoms with Gasteiger partial charge in [0.15, 0.2) is 0 Å². The van der Waals surface area contributed by atoms with Crippen LogP contribution in [0.3, 0.4) is 0 Å². The predicted octanol–water partition coefficient (Wildman–Crippen LogP) is 1.78. The Hall–Kier alpha value is -1.17. The first-order chi connectivity index (χ1) is 6.63. The number of anilines is 1. The van der Waals surface area contributed by atoms with Gasteiger partial charge in [0.1, 0.15) is 0 Å². The van der Waals surface area contributed by atoms with E-state index in [1.807, 2.05) is 0 Å². The van der Waals surface area contributed by atoms with Crippen molar-refractivity contribution >= 4 is 22.2 Å². The third-order valence-corrected chi connectivity index (χ3v) is 2.59. The van der Waals surface area contributed by atoms with E-state index in [0.29, 0.717) is 4.88 Å². The van der Waals surface area contributed by atoms with Crippen LogP contribution in [0.15, 0.2) is 12.1 Å². The van der Waals surface area contributed by atoms with Crippen LogP contribution in [-0.2, 0) is 0 Å². The highest BCUT2D eigenvalue weighted by atomic mass is 32.1. The van der Waals surface area contributed by atoms with Crippen molar-refractivity contribution in [1.29, 1.82) is 0 Å². The minimum atomic E-state index is -2.51. The molecule has 1 aromatic heterocycles. The summed E-state index contributed by atoms with van der Waals surface area (Å²) >= 11 is 1.22. The Kier molecular flexibility index (Phi) is 3.82. The minimum absolute atomic E-state index is 0.426. The molecule has 1 aromatic rings. The zero-order valence-corrected chi connectivity index (χ0v) is 8.33. The number of nitrogens with one attached hydrogen (secondary N) is 2. The predicted molar refractivity (Wildman–Crippen MR) is 52.2 cm³/mol. The third-order valence-electron chi connectivity index (χ3n) is 1.49. The van der Waals surface area contributed by atoms with E-state index in [1.54, 1.807) is 19.2 Å². The summed E-state index contributed by atoms with van der Waals surface area (Å²) in [5.41, 5.74) is 0. The van der Waals surface area contributed by atoms with Crippen LogP contribution in [-0.4, -0.2) is 25.9 Å². The van der Waals surface area contributed by atoms with Crippen molar-refractivity contribution in [2.45, 2.75) is 6.43 Å². The smallest absolute Gasteiger partial charge is 0.261 e. The van der Waals surface area contributed by atoms with Crippen LogP contribution in [0.2, 0.25) is 0 Å². The van der Waals surface area contributed by atoms with E-state index in [-0.39, 0.29) is 0 Å². The zero-order chi connectivity index (χ0) is 10.6. The average molecular weight is 220 g/mol. The molecule has 0 aliphatic rings. The Morgan fingerprint density at radius 1 is 1.57 bits per heavy atom. The summed E-state index contributed by atoms with van der Waals surface area (Å²) in [5.74, 6) is -0.461. The van der Waals surface area contributed by atoms with Gasteiger partial charge in [-0.3, -0.25) is 4.79 Å². The van der Waals surface area contributed by atoms with E-state index >= 15 is 0 Å². The highest BCUT2D eigenvalue weighted by Gasteiger charge is 2.10. The molecule has 0 radical (unpaired) electrons. The molecule has 0 saturated heterocycles. The van der Waals surface area contributed by atoms with Crippen LogP contribution in [0, 0.1) is 0 Å². The highest BCUT2D eigenvalue weighted by Crippen LogP contribution is 2.20. The van der Waals surface area contributed by atoms with Gasteiger partial charge in [-0.15, -0.1) is 11.3 Å².